The summed E-state index contributed by atoms with van der Waals surface area (Å²) in [5.74, 6) is 0. The maximum Gasteiger partial charge on any atom is 0.256 e. The van der Waals surface area contributed by atoms with Crippen molar-refractivity contribution in [3.63, 3.8) is 0 Å². The molecule has 0 N–H and O–H groups in total. The van der Waals surface area contributed by atoms with Crippen LogP contribution in [0.2, 0.25) is 0 Å². The van der Waals surface area contributed by atoms with E-state index >= 15 is 0 Å². The Morgan fingerprint density at radius 2 is 1.21 bits per heavy atom. The smallest absolute Gasteiger partial charge is 0.206 e. The van der Waals surface area contributed by atoms with Crippen LogP contribution >= 0.6 is 0 Å². The Morgan fingerprint density at radius 1 is 0.821 bits per heavy atom. The summed E-state index contributed by atoms with van der Waals surface area (Å²) >= 11 is 0. The van der Waals surface area contributed by atoms with Crippen molar-refractivity contribution < 1.29 is 16.8 Å². The van der Waals surface area contributed by atoms with Crippen molar-refractivity contribution >= 4 is 20.0 Å². The van der Waals surface area contributed by atoms with E-state index < -0.39 is 20.0 Å². The van der Waals surface area contributed by atoms with E-state index in [4.69, 9.17) is 0 Å². The van der Waals surface area contributed by atoms with Gasteiger partial charge in [0.1, 0.15) is 0 Å². The molecule has 28 heavy (non-hydrogen) atoms. The van der Waals surface area contributed by atoms with Crippen LogP contribution in [0, 0.1) is 13.8 Å². The fourth-order valence-corrected chi connectivity index (χ4v) is 6.33. The third-order valence-electron chi connectivity index (χ3n) is 4.41. The molecular formula is C21H27NO4S2. The van der Waals surface area contributed by atoms with Crippen molar-refractivity contribution in [2.45, 2.75) is 49.8 Å². The van der Waals surface area contributed by atoms with Crippen molar-refractivity contribution in [2.75, 3.05) is 6.54 Å². The van der Waals surface area contributed by atoms with Gasteiger partial charge in [0.15, 0.2) is 0 Å². The molecule has 2 rings (SSSR count). The van der Waals surface area contributed by atoms with Crippen LogP contribution in [0.5, 0.6) is 0 Å². The molecule has 0 saturated heterocycles. The molecule has 0 amide bonds. The van der Waals surface area contributed by atoms with Crippen molar-refractivity contribution in [1.82, 2.24) is 3.71 Å². The summed E-state index contributed by atoms with van der Waals surface area (Å²) in [6.07, 6.45) is 2.30. The van der Waals surface area contributed by atoms with E-state index in [1.165, 1.54) is 24.3 Å². The van der Waals surface area contributed by atoms with Crippen LogP contribution in [-0.2, 0) is 20.0 Å². The Morgan fingerprint density at radius 3 is 1.57 bits per heavy atom. The van der Waals surface area contributed by atoms with Gasteiger partial charge in [-0.05, 0) is 51.0 Å². The maximum absolute atomic E-state index is 13.2. The SMILES string of the molecule is C=C(CCCC)CN(S(=O)(=O)c1ccc(C)cc1)S(=O)(=O)c1ccc(C)cc1. The molecule has 2 aromatic rings. The van der Waals surface area contributed by atoms with Crippen LogP contribution in [0.3, 0.4) is 0 Å². The van der Waals surface area contributed by atoms with Crippen molar-refractivity contribution in [3.8, 4) is 0 Å². The fourth-order valence-electron chi connectivity index (χ4n) is 2.64. The van der Waals surface area contributed by atoms with Crippen LogP contribution in [-0.4, -0.2) is 27.1 Å². The van der Waals surface area contributed by atoms with Gasteiger partial charge in [-0.3, -0.25) is 0 Å². The number of unbranched alkanes of at least 4 members (excludes halogenated alkanes) is 1. The zero-order valence-electron chi connectivity index (χ0n) is 16.6. The minimum absolute atomic E-state index is 0.0583. The minimum atomic E-state index is -4.27. The first kappa shape index (κ1) is 22.3. The van der Waals surface area contributed by atoms with Crippen LogP contribution in [0.25, 0.3) is 0 Å². The van der Waals surface area contributed by atoms with Gasteiger partial charge in [0.2, 0.25) is 0 Å². The summed E-state index contributed by atoms with van der Waals surface area (Å²) in [4.78, 5) is -0.117. The first-order valence-corrected chi connectivity index (χ1v) is 12.0. The van der Waals surface area contributed by atoms with Crippen molar-refractivity contribution in [1.29, 1.82) is 0 Å². The molecule has 152 valence electrons. The van der Waals surface area contributed by atoms with E-state index in [0.29, 0.717) is 15.7 Å². The Balaban J connectivity index is 2.54. The summed E-state index contributed by atoms with van der Waals surface area (Å²) in [7, 11) is -8.54. The molecular weight excluding hydrogens is 394 g/mol. The number of hydrogen-bond donors (Lipinski definition) is 0. The largest absolute Gasteiger partial charge is 0.256 e. The van der Waals surface area contributed by atoms with Crippen LogP contribution in [0.15, 0.2) is 70.5 Å². The standard InChI is InChI=1S/C21H27NO4S2/c1-5-6-7-19(4)16-22(27(23,24)20-12-8-17(2)9-13-20)28(25,26)21-14-10-18(3)11-15-21/h8-15H,4-7,16H2,1-3H3. The normalized spacial score (nSPS) is 12.3. The van der Waals surface area contributed by atoms with E-state index in [-0.39, 0.29) is 16.3 Å². The highest BCUT2D eigenvalue weighted by Gasteiger charge is 2.36. The second-order valence-electron chi connectivity index (χ2n) is 6.92. The number of rotatable bonds is 9. The van der Waals surface area contributed by atoms with E-state index in [1.807, 2.05) is 20.8 Å². The first-order chi connectivity index (χ1) is 13.1. The third-order valence-corrected chi connectivity index (χ3v) is 8.65. The molecule has 0 unspecified atom stereocenters. The number of nitrogens with zero attached hydrogens (tertiary/aromatic N) is 1. The maximum atomic E-state index is 13.2. The molecule has 7 heteroatoms. The molecule has 2 aromatic carbocycles. The minimum Gasteiger partial charge on any atom is -0.206 e. The molecule has 5 nitrogen and oxygen atoms in total. The molecule has 0 atom stereocenters. The van der Waals surface area contributed by atoms with Gasteiger partial charge in [-0.15, -0.1) is 0 Å². The van der Waals surface area contributed by atoms with Gasteiger partial charge in [0.25, 0.3) is 20.0 Å². The molecule has 0 heterocycles. The second-order valence-corrected chi connectivity index (χ2v) is 10.9. The Labute approximate surface area is 168 Å². The summed E-state index contributed by atoms with van der Waals surface area (Å²) in [6, 6.07) is 12.3. The lowest BCUT2D eigenvalue weighted by Crippen LogP contribution is -2.38. The summed E-state index contributed by atoms with van der Waals surface area (Å²) in [6.45, 7) is 9.32. The number of benzene rings is 2. The predicted molar refractivity (Wildman–Crippen MR) is 112 cm³/mol. The van der Waals surface area contributed by atoms with E-state index in [9.17, 15) is 16.8 Å². The van der Waals surface area contributed by atoms with Gasteiger partial charge in [-0.2, -0.15) is 0 Å². The number of sulfonamides is 2. The van der Waals surface area contributed by atoms with Crippen LogP contribution in [0.4, 0.5) is 0 Å². The van der Waals surface area contributed by atoms with E-state index in [1.54, 1.807) is 24.3 Å². The molecule has 0 radical (unpaired) electrons. The highest BCUT2D eigenvalue weighted by atomic mass is 32.3. The quantitative estimate of drug-likeness (QED) is 0.562. The Bertz CT molecular complexity index is 947. The molecule has 0 aromatic heterocycles. The molecule has 0 aliphatic heterocycles. The van der Waals surface area contributed by atoms with Gasteiger partial charge in [0.05, 0.1) is 16.3 Å². The molecule has 0 aliphatic rings. The topological polar surface area (TPSA) is 71.5 Å². The van der Waals surface area contributed by atoms with Gasteiger partial charge in [0, 0.05) is 0 Å². The average molecular weight is 422 g/mol. The van der Waals surface area contributed by atoms with Gasteiger partial charge >= 0.3 is 0 Å². The zero-order valence-corrected chi connectivity index (χ0v) is 18.2. The second kappa shape index (κ2) is 9.03. The average Bonchev–Trinajstić information content (AvgIpc) is 2.65. The highest BCUT2D eigenvalue weighted by molar-refractivity contribution is 8.04. The molecule has 0 fully saturated rings. The Kier molecular flexibility index (Phi) is 7.20. The summed E-state index contributed by atoms with van der Waals surface area (Å²) < 4.78 is 53.6. The zero-order chi connectivity index (χ0) is 20.9. The number of aryl methyl sites for hydroxylation is 2. The van der Waals surface area contributed by atoms with Crippen LogP contribution in [0.1, 0.15) is 37.3 Å². The lowest BCUT2D eigenvalue weighted by Gasteiger charge is -2.23. The lowest BCUT2D eigenvalue weighted by molar-refractivity contribution is 0.506. The Hall–Kier alpha value is -1.96. The molecule has 0 spiro atoms. The fraction of sp³-hybridized carbons (Fsp3) is 0.333. The summed E-state index contributed by atoms with van der Waals surface area (Å²) in [5.41, 5.74) is 2.34. The van der Waals surface area contributed by atoms with E-state index in [2.05, 4.69) is 6.58 Å². The van der Waals surface area contributed by atoms with Gasteiger partial charge in [-0.1, -0.05) is 64.6 Å². The van der Waals surface area contributed by atoms with Gasteiger partial charge < -0.3 is 0 Å². The number of hydrogen-bond acceptors (Lipinski definition) is 4. The first-order valence-electron chi connectivity index (χ1n) is 9.17. The molecule has 0 saturated carbocycles. The highest BCUT2D eigenvalue weighted by Crippen LogP contribution is 2.26. The lowest BCUT2D eigenvalue weighted by atomic mass is 10.1. The predicted octanol–water partition coefficient (Wildman–Crippen LogP) is 4.43. The monoisotopic (exact) mass is 421 g/mol. The van der Waals surface area contributed by atoms with Crippen LogP contribution < -0.4 is 0 Å². The summed E-state index contributed by atoms with van der Waals surface area (Å²) in [5, 5.41) is 0. The molecule has 0 aliphatic carbocycles. The van der Waals surface area contributed by atoms with E-state index in [0.717, 1.165) is 24.0 Å². The third kappa shape index (κ3) is 5.10. The van der Waals surface area contributed by atoms with Gasteiger partial charge in [-0.25, -0.2) is 16.8 Å². The van der Waals surface area contributed by atoms with Crippen molar-refractivity contribution in [3.05, 3.63) is 71.8 Å². The molecule has 0 bridgehead atoms. The van der Waals surface area contributed by atoms with Crippen molar-refractivity contribution in [2.24, 2.45) is 0 Å².